The molecule has 3 aliphatic rings. The van der Waals surface area contributed by atoms with Gasteiger partial charge in [0.15, 0.2) is 0 Å². The van der Waals surface area contributed by atoms with Gasteiger partial charge in [0.2, 0.25) is 11.8 Å². The molecule has 1 saturated carbocycles. The zero-order valence-corrected chi connectivity index (χ0v) is 16.8. The van der Waals surface area contributed by atoms with Crippen LogP contribution in [-0.2, 0) is 16.1 Å². The van der Waals surface area contributed by atoms with E-state index in [0.29, 0.717) is 23.6 Å². The van der Waals surface area contributed by atoms with Gasteiger partial charge < -0.3 is 11.1 Å². The number of hydrogen-bond donors (Lipinski definition) is 3. The van der Waals surface area contributed by atoms with Crippen LogP contribution >= 0.6 is 0 Å². The molecule has 0 spiro atoms. The Kier molecular flexibility index (Phi) is 4.59. The molecule has 5 rings (SSSR count). The Bertz CT molecular complexity index is 1110. The van der Waals surface area contributed by atoms with E-state index < -0.39 is 29.7 Å². The van der Waals surface area contributed by atoms with Gasteiger partial charge in [0.05, 0.1) is 11.1 Å². The highest BCUT2D eigenvalue weighted by molar-refractivity contribution is 6.24. The van der Waals surface area contributed by atoms with Crippen molar-refractivity contribution in [1.82, 2.24) is 10.2 Å². The topological polar surface area (TPSA) is 122 Å². The number of anilines is 1. The summed E-state index contributed by atoms with van der Waals surface area (Å²) >= 11 is 0. The van der Waals surface area contributed by atoms with Crippen molar-refractivity contribution in [1.29, 1.82) is 0 Å². The van der Waals surface area contributed by atoms with Crippen LogP contribution in [0.1, 0.15) is 57.0 Å². The SMILES string of the molecule is N[C@@H]1C[C@H]1c1ccc(NCc2cccc3c2C(=O)N(C2CCC(=O)NC2=O)C3=O)cc1. The van der Waals surface area contributed by atoms with Crippen molar-refractivity contribution in [2.45, 2.75) is 43.8 Å². The van der Waals surface area contributed by atoms with Crippen molar-refractivity contribution in [3.05, 3.63) is 64.7 Å². The Hall–Kier alpha value is -3.52. The first kappa shape index (κ1) is 19.4. The van der Waals surface area contributed by atoms with Crippen molar-refractivity contribution in [2.75, 3.05) is 5.32 Å². The van der Waals surface area contributed by atoms with Crippen molar-refractivity contribution in [3.8, 4) is 0 Å². The predicted octanol–water partition coefficient (Wildman–Crippen LogP) is 1.51. The lowest BCUT2D eigenvalue weighted by Crippen LogP contribution is -2.54. The molecule has 2 fully saturated rings. The lowest BCUT2D eigenvalue weighted by atomic mass is 10.0. The van der Waals surface area contributed by atoms with Crippen LogP contribution in [0.5, 0.6) is 0 Å². The first-order valence-electron chi connectivity index (χ1n) is 10.4. The molecule has 2 aromatic rings. The lowest BCUT2D eigenvalue weighted by molar-refractivity contribution is -0.136. The normalized spacial score (nSPS) is 24.8. The number of benzene rings is 2. The van der Waals surface area contributed by atoms with Crippen molar-refractivity contribution in [3.63, 3.8) is 0 Å². The van der Waals surface area contributed by atoms with E-state index in [4.69, 9.17) is 5.73 Å². The number of nitrogens with two attached hydrogens (primary N) is 1. The zero-order chi connectivity index (χ0) is 21.7. The summed E-state index contributed by atoms with van der Waals surface area (Å²) < 4.78 is 0. The predicted molar refractivity (Wildman–Crippen MR) is 112 cm³/mol. The van der Waals surface area contributed by atoms with Gasteiger partial charge in [-0.1, -0.05) is 24.3 Å². The van der Waals surface area contributed by atoms with E-state index in [9.17, 15) is 19.2 Å². The fourth-order valence-electron chi connectivity index (χ4n) is 4.38. The molecule has 8 heteroatoms. The maximum Gasteiger partial charge on any atom is 0.262 e. The number of piperidine rings is 1. The first-order chi connectivity index (χ1) is 14.9. The minimum absolute atomic E-state index is 0.0972. The summed E-state index contributed by atoms with van der Waals surface area (Å²) in [6.45, 7) is 0.355. The Morgan fingerprint density at radius 3 is 2.45 bits per heavy atom. The van der Waals surface area contributed by atoms with Crippen LogP contribution in [0, 0.1) is 0 Å². The van der Waals surface area contributed by atoms with Crippen molar-refractivity contribution in [2.24, 2.45) is 5.73 Å². The van der Waals surface area contributed by atoms with Crippen LogP contribution in [0.4, 0.5) is 5.69 Å². The second kappa shape index (κ2) is 7.31. The highest BCUT2D eigenvalue weighted by Gasteiger charge is 2.45. The number of nitrogens with zero attached hydrogens (tertiary/aromatic N) is 1. The van der Waals surface area contributed by atoms with E-state index in [-0.39, 0.29) is 24.4 Å². The molecule has 0 radical (unpaired) electrons. The van der Waals surface area contributed by atoms with Gasteiger partial charge in [0.1, 0.15) is 6.04 Å². The van der Waals surface area contributed by atoms with Gasteiger partial charge in [-0.15, -0.1) is 0 Å². The summed E-state index contributed by atoms with van der Waals surface area (Å²) in [7, 11) is 0. The van der Waals surface area contributed by atoms with Gasteiger partial charge in [-0.3, -0.25) is 29.4 Å². The monoisotopic (exact) mass is 418 g/mol. The molecule has 2 aliphatic heterocycles. The Morgan fingerprint density at radius 1 is 1.03 bits per heavy atom. The average molecular weight is 418 g/mol. The van der Waals surface area contributed by atoms with Gasteiger partial charge in [0, 0.05) is 30.6 Å². The minimum atomic E-state index is -0.966. The molecule has 158 valence electrons. The molecule has 1 saturated heterocycles. The molecule has 1 aliphatic carbocycles. The van der Waals surface area contributed by atoms with E-state index in [1.54, 1.807) is 18.2 Å². The third kappa shape index (κ3) is 3.38. The van der Waals surface area contributed by atoms with E-state index in [1.165, 1.54) is 5.56 Å². The quantitative estimate of drug-likeness (QED) is 0.633. The van der Waals surface area contributed by atoms with Crippen molar-refractivity contribution < 1.29 is 19.2 Å². The summed E-state index contributed by atoms with van der Waals surface area (Å²) in [5.74, 6) is -1.56. The Morgan fingerprint density at radius 2 is 1.77 bits per heavy atom. The maximum atomic E-state index is 13.1. The van der Waals surface area contributed by atoms with Gasteiger partial charge >= 0.3 is 0 Å². The molecule has 3 atom stereocenters. The standard InChI is InChI=1S/C23H22N4O4/c24-17-10-16(17)12-4-6-14(7-5-12)25-11-13-2-1-3-15-20(13)23(31)27(22(15)30)18-8-9-19(28)26-21(18)29/h1-7,16-18,25H,8-11,24H2,(H,26,28,29)/t16-,17+,18?/m0/s1. The van der Waals surface area contributed by atoms with Gasteiger partial charge in [-0.05, 0) is 42.2 Å². The third-order valence-corrected chi connectivity index (χ3v) is 6.22. The largest absolute Gasteiger partial charge is 0.381 e. The first-order valence-corrected chi connectivity index (χ1v) is 10.4. The Labute approximate surface area is 178 Å². The summed E-state index contributed by atoms with van der Waals surface area (Å²) in [4.78, 5) is 50.7. The fraction of sp³-hybridized carbons (Fsp3) is 0.304. The number of carbonyl (C=O) groups is 4. The molecule has 4 amide bonds. The number of carbonyl (C=O) groups excluding carboxylic acids is 4. The van der Waals surface area contributed by atoms with Gasteiger partial charge in [-0.25, -0.2) is 0 Å². The number of rotatable bonds is 5. The fourth-order valence-corrected chi connectivity index (χ4v) is 4.38. The molecule has 2 aromatic carbocycles. The number of hydrogen-bond acceptors (Lipinski definition) is 6. The lowest BCUT2D eigenvalue weighted by Gasteiger charge is -2.27. The molecule has 4 N–H and O–H groups in total. The number of fused-ring (bicyclic) bond motifs is 1. The number of amides is 4. The van der Waals surface area contributed by atoms with Crippen LogP contribution in [0.2, 0.25) is 0 Å². The van der Waals surface area contributed by atoms with Crippen LogP contribution < -0.4 is 16.4 Å². The summed E-state index contributed by atoms with van der Waals surface area (Å²) in [5.41, 5.74) is 9.30. The molecule has 8 nitrogen and oxygen atoms in total. The summed E-state index contributed by atoms with van der Waals surface area (Å²) in [5, 5.41) is 5.51. The Balaban J connectivity index is 1.34. The minimum Gasteiger partial charge on any atom is -0.381 e. The number of nitrogens with one attached hydrogen (secondary N) is 2. The molecule has 2 heterocycles. The van der Waals surface area contributed by atoms with E-state index in [2.05, 4.69) is 22.8 Å². The van der Waals surface area contributed by atoms with Crippen LogP contribution in [0.15, 0.2) is 42.5 Å². The summed E-state index contributed by atoms with van der Waals surface area (Å²) in [6.07, 6.45) is 1.25. The van der Waals surface area contributed by atoms with Crippen LogP contribution in [0.3, 0.4) is 0 Å². The van der Waals surface area contributed by atoms with E-state index in [0.717, 1.165) is 17.0 Å². The van der Waals surface area contributed by atoms with E-state index in [1.807, 2.05) is 12.1 Å². The molecule has 0 bridgehead atoms. The third-order valence-electron chi connectivity index (χ3n) is 6.22. The van der Waals surface area contributed by atoms with Crippen LogP contribution in [-0.4, -0.2) is 40.6 Å². The van der Waals surface area contributed by atoms with Crippen LogP contribution in [0.25, 0.3) is 0 Å². The van der Waals surface area contributed by atoms with Crippen molar-refractivity contribution >= 4 is 29.3 Å². The second-order valence-electron chi connectivity index (χ2n) is 8.27. The number of imide groups is 2. The molecular formula is C23H22N4O4. The molecule has 1 unspecified atom stereocenters. The second-order valence-corrected chi connectivity index (χ2v) is 8.27. The maximum absolute atomic E-state index is 13.1. The smallest absolute Gasteiger partial charge is 0.262 e. The zero-order valence-electron chi connectivity index (χ0n) is 16.8. The summed E-state index contributed by atoms with van der Waals surface area (Å²) in [6, 6.07) is 12.5. The average Bonchev–Trinajstić information content (AvgIpc) is 3.44. The molecule has 0 aromatic heterocycles. The molecule has 31 heavy (non-hydrogen) atoms. The van der Waals surface area contributed by atoms with Gasteiger partial charge in [-0.2, -0.15) is 0 Å². The van der Waals surface area contributed by atoms with Gasteiger partial charge in [0.25, 0.3) is 11.8 Å². The van der Waals surface area contributed by atoms with E-state index >= 15 is 0 Å². The highest BCUT2D eigenvalue weighted by atomic mass is 16.2. The highest BCUT2D eigenvalue weighted by Crippen LogP contribution is 2.39. The molecular weight excluding hydrogens is 396 g/mol.